The summed E-state index contributed by atoms with van der Waals surface area (Å²) in [6, 6.07) is 7.11. The zero-order valence-corrected chi connectivity index (χ0v) is 11.6. The monoisotopic (exact) mass is 274 g/mol. The van der Waals surface area contributed by atoms with Gasteiger partial charge in [-0.1, -0.05) is 26.0 Å². The van der Waals surface area contributed by atoms with E-state index in [-0.39, 0.29) is 19.1 Å². The van der Waals surface area contributed by atoms with E-state index in [0.29, 0.717) is 23.0 Å². The molecule has 5 nitrogen and oxygen atoms in total. The van der Waals surface area contributed by atoms with Gasteiger partial charge >= 0.3 is 0 Å². The van der Waals surface area contributed by atoms with Gasteiger partial charge in [-0.15, -0.1) is 0 Å². The van der Waals surface area contributed by atoms with Crippen molar-refractivity contribution in [3.63, 3.8) is 0 Å². The van der Waals surface area contributed by atoms with Gasteiger partial charge in [-0.05, 0) is 17.7 Å². The van der Waals surface area contributed by atoms with E-state index in [1.807, 2.05) is 13.8 Å². The van der Waals surface area contributed by atoms with Crippen molar-refractivity contribution in [2.45, 2.75) is 33.0 Å². The molecule has 0 atom stereocenters. The summed E-state index contributed by atoms with van der Waals surface area (Å²) in [6.07, 6.45) is 1.57. The smallest absolute Gasteiger partial charge is 0.169 e. The van der Waals surface area contributed by atoms with E-state index in [9.17, 15) is 5.11 Å². The number of rotatable bonds is 5. The molecule has 0 amide bonds. The molecular formula is C15H18N2O3. The lowest BCUT2D eigenvalue weighted by Crippen LogP contribution is -2.03. The third kappa shape index (κ3) is 3.31. The van der Waals surface area contributed by atoms with Crippen molar-refractivity contribution < 1.29 is 14.9 Å². The Morgan fingerprint density at radius 3 is 2.65 bits per heavy atom. The first kappa shape index (κ1) is 14.4. The summed E-state index contributed by atoms with van der Waals surface area (Å²) in [4.78, 5) is 8.52. The summed E-state index contributed by atoms with van der Waals surface area (Å²) in [5.41, 5.74) is 1.21. The average Bonchev–Trinajstić information content (AvgIpc) is 2.47. The summed E-state index contributed by atoms with van der Waals surface area (Å²) in [5, 5.41) is 18.5. The fraction of sp³-hybridized carbons (Fsp3) is 0.333. The molecule has 1 aromatic carbocycles. The number of hydrogen-bond donors (Lipinski definition) is 2. The SMILES string of the molecule is CC(C)c1ncc(Oc2cccc(CO)c2)c(CO)n1. The lowest BCUT2D eigenvalue weighted by Gasteiger charge is -2.11. The predicted molar refractivity (Wildman–Crippen MR) is 74.5 cm³/mol. The van der Waals surface area contributed by atoms with Gasteiger partial charge in [0.25, 0.3) is 0 Å². The molecule has 0 aliphatic carbocycles. The van der Waals surface area contributed by atoms with Crippen LogP contribution in [0, 0.1) is 0 Å². The highest BCUT2D eigenvalue weighted by Crippen LogP contribution is 2.25. The van der Waals surface area contributed by atoms with Gasteiger partial charge in [-0.2, -0.15) is 0 Å². The molecule has 20 heavy (non-hydrogen) atoms. The van der Waals surface area contributed by atoms with Gasteiger partial charge in [0.1, 0.15) is 17.3 Å². The number of aliphatic hydroxyl groups is 2. The van der Waals surface area contributed by atoms with Gasteiger partial charge < -0.3 is 14.9 Å². The molecule has 0 unspecified atom stereocenters. The molecule has 5 heteroatoms. The Kier molecular flexibility index (Phi) is 4.65. The van der Waals surface area contributed by atoms with Gasteiger partial charge in [0, 0.05) is 5.92 Å². The Hall–Kier alpha value is -1.98. The normalized spacial score (nSPS) is 10.8. The Labute approximate surface area is 117 Å². The highest BCUT2D eigenvalue weighted by atomic mass is 16.5. The van der Waals surface area contributed by atoms with Crippen LogP contribution in [0.1, 0.15) is 36.8 Å². The van der Waals surface area contributed by atoms with Crippen molar-refractivity contribution in [2.24, 2.45) is 0 Å². The van der Waals surface area contributed by atoms with Crippen LogP contribution in [0.4, 0.5) is 0 Å². The molecule has 2 aromatic rings. The fourth-order valence-electron chi connectivity index (χ4n) is 1.73. The van der Waals surface area contributed by atoms with E-state index < -0.39 is 0 Å². The van der Waals surface area contributed by atoms with Crippen LogP contribution in [-0.2, 0) is 13.2 Å². The van der Waals surface area contributed by atoms with Crippen molar-refractivity contribution in [1.29, 1.82) is 0 Å². The van der Waals surface area contributed by atoms with E-state index in [1.54, 1.807) is 30.5 Å². The maximum atomic E-state index is 9.39. The minimum Gasteiger partial charge on any atom is -0.454 e. The van der Waals surface area contributed by atoms with Crippen molar-refractivity contribution in [2.75, 3.05) is 0 Å². The van der Waals surface area contributed by atoms with E-state index in [4.69, 9.17) is 9.84 Å². The Balaban J connectivity index is 2.28. The first-order chi connectivity index (χ1) is 9.63. The molecule has 2 rings (SSSR count). The molecule has 0 fully saturated rings. The summed E-state index contributed by atoms with van der Waals surface area (Å²) >= 11 is 0. The fourth-order valence-corrected chi connectivity index (χ4v) is 1.73. The second-order valence-electron chi connectivity index (χ2n) is 4.76. The molecule has 0 bridgehead atoms. The summed E-state index contributed by atoms with van der Waals surface area (Å²) < 4.78 is 5.68. The molecule has 0 aliphatic heterocycles. The molecular weight excluding hydrogens is 256 g/mol. The van der Waals surface area contributed by atoms with Crippen LogP contribution in [0.2, 0.25) is 0 Å². The zero-order valence-electron chi connectivity index (χ0n) is 11.6. The number of aromatic nitrogens is 2. The Morgan fingerprint density at radius 2 is 2.00 bits per heavy atom. The summed E-state index contributed by atoms with van der Waals surface area (Å²) in [6.45, 7) is 3.72. The van der Waals surface area contributed by atoms with Crippen molar-refractivity contribution in [3.05, 3.63) is 47.5 Å². The Bertz CT molecular complexity index is 585. The molecule has 1 aromatic heterocycles. The molecule has 0 aliphatic rings. The van der Waals surface area contributed by atoms with Crippen LogP contribution in [0.3, 0.4) is 0 Å². The van der Waals surface area contributed by atoms with Crippen LogP contribution in [0.25, 0.3) is 0 Å². The highest BCUT2D eigenvalue weighted by molar-refractivity contribution is 5.35. The maximum absolute atomic E-state index is 9.39. The minimum absolute atomic E-state index is 0.0488. The standard InChI is InChI=1S/C15H18N2O3/c1-10(2)15-16-7-14(13(9-19)17-15)20-12-5-3-4-11(6-12)8-18/h3-7,10,18-19H,8-9H2,1-2H3. The van der Waals surface area contributed by atoms with Crippen molar-refractivity contribution in [1.82, 2.24) is 9.97 Å². The first-order valence-corrected chi connectivity index (χ1v) is 6.48. The molecule has 0 saturated heterocycles. The van der Waals surface area contributed by atoms with Gasteiger partial charge in [0.2, 0.25) is 0 Å². The van der Waals surface area contributed by atoms with Crippen molar-refractivity contribution in [3.8, 4) is 11.5 Å². The Morgan fingerprint density at radius 1 is 1.20 bits per heavy atom. The van der Waals surface area contributed by atoms with Crippen LogP contribution >= 0.6 is 0 Å². The lowest BCUT2D eigenvalue weighted by molar-refractivity contribution is 0.269. The van der Waals surface area contributed by atoms with Gasteiger partial charge in [-0.25, -0.2) is 9.97 Å². The number of nitrogens with zero attached hydrogens (tertiary/aromatic N) is 2. The zero-order chi connectivity index (χ0) is 14.5. The second kappa shape index (κ2) is 6.45. The quantitative estimate of drug-likeness (QED) is 0.875. The molecule has 0 saturated carbocycles. The van der Waals surface area contributed by atoms with Crippen LogP contribution < -0.4 is 4.74 Å². The predicted octanol–water partition coefficient (Wildman–Crippen LogP) is 2.38. The third-order valence-corrected chi connectivity index (χ3v) is 2.82. The molecule has 106 valence electrons. The van der Waals surface area contributed by atoms with Crippen LogP contribution in [-0.4, -0.2) is 20.2 Å². The molecule has 1 heterocycles. The van der Waals surface area contributed by atoms with E-state index in [0.717, 1.165) is 5.56 Å². The number of aliphatic hydroxyl groups excluding tert-OH is 2. The van der Waals surface area contributed by atoms with Gasteiger partial charge in [-0.3, -0.25) is 0 Å². The van der Waals surface area contributed by atoms with E-state index in [1.165, 1.54) is 0 Å². The largest absolute Gasteiger partial charge is 0.454 e. The number of hydrogen-bond acceptors (Lipinski definition) is 5. The van der Waals surface area contributed by atoms with E-state index >= 15 is 0 Å². The topological polar surface area (TPSA) is 75.5 Å². The second-order valence-corrected chi connectivity index (χ2v) is 4.76. The minimum atomic E-state index is -0.211. The average molecular weight is 274 g/mol. The molecule has 0 spiro atoms. The van der Waals surface area contributed by atoms with Gasteiger partial charge in [0.05, 0.1) is 19.4 Å². The summed E-state index contributed by atoms with van der Waals surface area (Å²) in [7, 11) is 0. The third-order valence-electron chi connectivity index (χ3n) is 2.82. The lowest BCUT2D eigenvalue weighted by atomic mass is 10.2. The number of benzene rings is 1. The van der Waals surface area contributed by atoms with Crippen LogP contribution in [0.15, 0.2) is 30.5 Å². The van der Waals surface area contributed by atoms with Crippen molar-refractivity contribution >= 4 is 0 Å². The molecule has 0 radical (unpaired) electrons. The van der Waals surface area contributed by atoms with E-state index in [2.05, 4.69) is 9.97 Å². The molecule has 2 N–H and O–H groups in total. The summed E-state index contributed by atoms with van der Waals surface area (Å²) in [5.74, 6) is 1.86. The first-order valence-electron chi connectivity index (χ1n) is 6.48. The van der Waals surface area contributed by atoms with Gasteiger partial charge in [0.15, 0.2) is 5.75 Å². The highest BCUT2D eigenvalue weighted by Gasteiger charge is 2.11. The van der Waals surface area contributed by atoms with Crippen LogP contribution in [0.5, 0.6) is 11.5 Å². The number of ether oxygens (including phenoxy) is 1. The maximum Gasteiger partial charge on any atom is 0.169 e.